The summed E-state index contributed by atoms with van der Waals surface area (Å²) >= 11 is 0. The molecule has 0 aromatic carbocycles. The Balaban J connectivity index is 1.53. The van der Waals surface area contributed by atoms with E-state index in [-0.39, 0.29) is 37.1 Å². The van der Waals surface area contributed by atoms with Crippen molar-refractivity contribution >= 4 is 5.97 Å². The number of ether oxygens (including phenoxy) is 4. The van der Waals surface area contributed by atoms with Gasteiger partial charge in [0.1, 0.15) is 6.10 Å². The molecule has 0 aliphatic carbocycles. The molecule has 0 radical (unpaired) electrons. The molecule has 4 heterocycles. The Labute approximate surface area is 225 Å². The summed E-state index contributed by atoms with van der Waals surface area (Å²) in [5.74, 6) is -2.33. The first-order valence-corrected chi connectivity index (χ1v) is 13.7. The molecule has 0 amide bonds. The molecular formula is C30H42O8. The van der Waals surface area contributed by atoms with Gasteiger partial charge in [0.25, 0.3) is 0 Å². The van der Waals surface area contributed by atoms with E-state index in [4.69, 9.17) is 18.9 Å². The lowest BCUT2D eigenvalue weighted by Gasteiger charge is -2.29. The lowest BCUT2D eigenvalue weighted by atomic mass is 9.90. The molecule has 4 aliphatic heterocycles. The number of esters is 1. The second-order valence-corrected chi connectivity index (χ2v) is 11.2. The van der Waals surface area contributed by atoms with Gasteiger partial charge in [-0.1, -0.05) is 55.0 Å². The third-order valence-electron chi connectivity index (χ3n) is 7.64. The maximum atomic E-state index is 12.7. The summed E-state index contributed by atoms with van der Waals surface area (Å²) < 4.78 is 23.4. The van der Waals surface area contributed by atoms with Gasteiger partial charge in [0.15, 0.2) is 6.10 Å². The van der Waals surface area contributed by atoms with Crippen molar-refractivity contribution in [3.63, 3.8) is 0 Å². The molecule has 3 N–H and O–H groups in total. The summed E-state index contributed by atoms with van der Waals surface area (Å²) in [6.07, 6.45) is 11.3. The van der Waals surface area contributed by atoms with Crippen molar-refractivity contribution in [3.05, 3.63) is 60.3 Å². The van der Waals surface area contributed by atoms with Crippen molar-refractivity contribution in [2.75, 3.05) is 6.61 Å². The fraction of sp³-hybridized carbons (Fsp3) is 0.633. The van der Waals surface area contributed by atoms with E-state index in [2.05, 4.69) is 19.6 Å². The van der Waals surface area contributed by atoms with Crippen LogP contribution in [-0.2, 0) is 23.7 Å². The van der Waals surface area contributed by atoms with Gasteiger partial charge in [-0.3, -0.25) is 0 Å². The van der Waals surface area contributed by atoms with E-state index in [1.54, 1.807) is 12.2 Å². The molecule has 8 heteroatoms. The molecule has 0 saturated carbocycles. The molecule has 4 aliphatic rings. The number of aliphatic hydroxyl groups is 3. The van der Waals surface area contributed by atoms with E-state index in [1.807, 2.05) is 19.1 Å². The van der Waals surface area contributed by atoms with Gasteiger partial charge in [-0.25, -0.2) is 4.79 Å². The van der Waals surface area contributed by atoms with Gasteiger partial charge in [0.05, 0.1) is 37.1 Å². The highest BCUT2D eigenvalue weighted by molar-refractivity contribution is 5.82. The van der Waals surface area contributed by atoms with Crippen LogP contribution in [-0.4, -0.2) is 76.4 Å². The minimum absolute atomic E-state index is 0.0160. The molecule has 4 bridgehead atoms. The Morgan fingerprint density at radius 2 is 1.95 bits per heavy atom. The van der Waals surface area contributed by atoms with Crippen molar-refractivity contribution in [1.82, 2.24) is 0 Å². The van der Waals surface area contributed by atoms with Gasteiger partial charge < -0.3 is 34.3 Å². The fourth-order valence-electron chi connectivity index (χ4n) is 5.64. The van der Waals surface area contributed by atoms with E-state index >= 15 is 0 Å². The van der Waals surface area contributed by atoms with Crippen LogP contribution in [0.3, 0.4) is 0 Å². The Hall–Kier alpha value is -2.07. The first kappa shape index (κ1) is 28.9. The predicted molar refractivity (Wildman–Crippen MR) is 142 cm³/mol. The highest BCUT2D eigenvalue weighted by atomic mass is 16.7. The maximum absolute atomic E-state index is 12.7. The molecule has 8 nitrogen and oxygen atoms in total. The zero-order chi connectivity index (χ0) is 27.3. The van der Waals surface area contributed by atoms with Gasteiger partial charge in [-0.15, -0.1) is 0 Å². The van der Waals surface area contributed by atoms with Gasteiger partial charge in [-0.2, -0.15) is 0 Å². The number of carbonyl (C=O) groups is 1. The molecule has 210 valence electrons. The summed E-state index contributed by atoms with van der Waals surface area (Å²) in [6, 6.07) is 0. The highest BCUT2D eigenvalue weighted by Gasteiger charge is 2.51. The molecule has 1 fully saturated rings. The molecule has 9 atom stereocenters. The Morgan fingerprint density at radius 1 is 1.13 bits per heavy atom. The van der Waals surface area contributed by atoms with Crippen LogP contribution in [0.4, 0.5) is 0 Å². The van der Waals surface area contributed by atoms with E-state index in [1.165, 1.54) is 17.7 Å². The van der Waals surface area contributed by atoms with E-state index in [9.17, 15) is 20.1 Å². The van der Waals surface area contributed by atoms with Crippen LogP contribution in [0.5, 0.6) is 0 Å². The summed E-state index contributed by atoms with van der Waals surface area (Å²) in [4.78, 5) is 12.7. The predicted octanol–water partition coefficient (Wildman–Crippen LogP) is 3.43. The maximum Gasteiger partial charge on any atom is 0.330 e. The Bertz CT molecular complexity index is 967. The third-order valence-corrected chi connectivity index (χ3v) is 7.64. The van der Waals surface area contributed by atoms with Gasteiger partial charge >= 0.3 is 5.97 Å². The van der Waals surface area contributed by atoms with Crippen LogP contribution in [0.25, 0.3) is 0 Å². The lowest BCUT2D eigenvalue weighted by molar-refractivity contribution is -0.218. The van der Waals surface area contributed by atoms with Crippen molar-refractivity contribution in [3.8, 4) is 0 Å². The number of hydrogen-bond donors (Lipinski definition) is 3. The number of rotatable bonds is 2. The Kier molecular flexibility index (Phi) is 9.79. The number of aliphatic hydroxyl groups excluding tert-OH is 2. The molecule has 0 aromatic rings. The van der Waals surface area contributed by atoms with Crippen LogP contribution in [0.2, 0.25) is 0 Å². The zero-order valence-electron chi connectivity index (χ0n) is 22.4. The van der Waals surface area contributed by atoms with Gasteiger partial charge in [-0.05, 0) is 57.4 Å². The molecular weight excluding hydrogens is 488 g/mol. The topological polar surface area (TPSA) is 115 Å². The van der Waals surface area contributed by atoms with E-state index in [0.717, 1.165) is 18.4 Å². The van der Waals surface area contributed by atoms with Crippen LogP contribution in [0.15, 0.2) is 60.3 Å². The second-order valence-electron chi connectivity index (χ2n) is 11.2. The third kappa shape index (κ3) is 7.74. The van der Waals surface area contributed by atoms with E-state index < -0.39 is 36.2 Å². The minimum Gasteiger partial charge on any atom is -0.453 e. The van der Waals surface area contributed by atoms with Crippen molar-refractivity contribution in [2.24, 2.45) is 5.92 Å². The molecule has 0 aromatic heterocycles. The van der Waals surface area contributed by atoms with Gasteiger partial charge in [0, 0.05) is 12.5 Å². The van der Waals surface area contributed by atoms with Crippen LogP contribution >= 0.6 is 0 Å². The summed E-state index contributed by atoms with van der Waals surface area (Å²) in [6.45, 7) is 8.74. The average Bonchev–Trinajstić information content (AvgIpc) is 3.18. The van der Waals surface area contributed by atoms with Crippen LogP contribution < -0.4 is 0 Å². The normalized spacial score (nSPS) is 42.3. The molecule has 1 saturated heterocycles. The Morgan fingerprint density at radius 3 is 2.74 bits per heavy atom. The number of carbonyl (C=O) groups excluding carboxylic acids is 1. The lowest BCUT2D eigenvalue weighted by Crippen LogP contribution is -2.41. The largest absolute Gasteiger partial charge is 0.453 e. The first-order valence-electron chi connectivity index (χ1n) is 13.7. The average molecular weight is 531 g/mol. The van der Waals surface area contributed by atoms with Crippen molar-refractivity contribution < 1.29 is 39.1 Å². The second kappa shape index (κ2) is 12.9. The van der Waals surface area contributed by atoms with E-state index in [0.29, 0.717) is 25.9 Å². The zero-order valence-corrected chi connectivity index (χ0v) is 22.4. The summed E-state index contributed by atoms with van der Waals surface area (Å²) in [5, 5.41) is 33.2. The number of fused-ring (bicyclic) bond motifs is 4. The van der Waals surface area contributed by atoms with Crippen molar-refractivity contribution in [1.29, 1.82) is 0 Å². The quantitative estimate of drug-likeness (QED) is 0.368. The monoisotopic (exact) mass is 530 g/mol. The number of hydrogen-bond acceptors (Lipinski definition) is 8. The fourth-order valence-corrected chi connectivity index (χ4v) is 5.64. The standard InChI is InChI=1S/C30H42O8/c1-19-11-13-35-23(15-19)10-12-30(34)27-18-26(38-30)29(33)25(31)17-21(3)14-20(2)16-24-8-4-6-22(36-24)7-5-9-28(32)37-27/h4-6,9-12,20,22-27,29,31,33-34H,3,7-8,13-18H2,1-2H3/b9-5-,12-10+/t20-,22-,23+,24-,25-,26+,27-,29-,30+/m0/s1. The summed E-state index contributed by atoms with van der Waals surface area (Å²) in [5.41, 5.74) is 2.00. The van der Waals surface area contributed by atoms with Crippen LogP contribution in [0.1, 0.15) is 58.8 Å². The van der Waals surface area contributed by atoms with Crippen molar-refractivity contribution in [2.45, 2.75) is 107 Å². The smallest absolute Gasteiger partial charge is 0.330 e. The molecule has 0 spiro atoms. The molecule has 0 unspecified atom stereocenters. The minimum atomic E-state index is -1.98. The van der Waals surface area contributed by atoms with Crippen LogP contribution in [0, 0.1) is 5.92 Å². The first-order chi connectivity index (χ1) is 18.1. The SMILES string of the molecule is C=C1C[C@H](C)C[C@@H]2CC=C[C@@H](C/C=C\C(=O)O[C@H]3C[C@@H](O[C@]3(O)/C=C/[C@@H]3CC(C)=CCO3)[C@@H](O)[C@@H](O)C1)O2. The van der Waals surface area contributed by atoms with Gasteiger partial charge in [0.2, 0.25) is 5.79 Å². The molecule has 4 rings (SSSR count). The molecule has 38 heavy (non-hydrogen) atoms. The summed E-state index contributed by atoms with van der Waals surface area (Å²) in [7, 11) is 0. The highest BCUT2D eigenvalue weighted by Crippen LogP contribution is 2.36.